The molecule has 0 spiro atoms. The molecule has 1 aliphatic heterocycles. The second-order valence-electron chi connectivity index (χ2n) is 9.71. The minimum Gasteiger partial charge on any atom is -0.507 e. The highest BCUT2D eigenvalue weighted by Gasteiger charge is 2.61. The molecule has 0 aromatic heterocycles. The Morgan fingerprint density at radius 1 is 1.05 bits per heavy atom. The van der Waals surface area contributed by atoms with E-state index in [4.69, 9.17) is 18.9 Å². The van der Waals surface area contributed by atoms with E-state index < -0.39 is 52.6 Å². The van der Waals surface area contributed by atoms with Crippen LogP contribution in [0.5, 0.6) is 11.5 Å². The third kappa shape index (κ3) is 3.39. The number of phenols is 2. The Hall–Kier alpha value is -3.47. The van der Waals surface area contributed by atoms with Crippen LogP contribution in [0.1, 0.15) is 87.7 Å². The highest BCUT2D eigenvalue weighted by atomic mass is 16.8. The third-order valence-corrected chi connectivity index (χ3v) is 7.82. The standard InChI is InChI=1S/C27H28O10/c1-5-34-25(32)37-15-11-27(33,26(4)35-9-10-36-26)13(3)17-18(15)24(31)20-19(23(17)30)21(28)14-8-6-7-12(2)16(14)22(20)29/h6-8,13,15,30-31,33H,5,9-11H2,1-4H3. The van der Waals surface area contributed by atoms with Crippen molar-refractivity contribution in [3.8, 4) is 11.5 Å². The minimum atomic E-state index is -1.87. The molecular weight excluding hydrogens is 484 g/mol. The summed E-state index contributed by atoms with van der Waals surface area (Å²) >= 11 is 0. The van der Waals surface area contributed by atoms with E-state index in [9.17, 15) is 29.7 Å². The number of carbonyl (C=O) groups is 3. The van der Waals surface area contributed by atoms with Crippen LogP contribution >= 0.6 is 0 Å². The van der Waals surface area contributed by atoms with Crippen LogP contribution in [0.25, 0.3) is 0 Å². The lowest BCUT2D eigenvalue weighted by molar-refractivity contribution is -0.277. The van der Waals surface area contributed by atoms with Gasteiger partial charge in [0.05, 0.1) is 30.9 Å². The van der Waals surface area contributed by atoms with Gasteiger partial charge in [-0.1, -0.05) is 25.1 Å². The lowest BCUT2D eigenvalue weighted by Crippen LogP contribution is -2.59. The van der Waals surface area contributed by atoms with Crippen molar-refractivity contribution in [2.45, 2.75) is 57.5 Å². The molecule has 3 N–H and O–H groups in total. The molecule has 3 atom stereocenters. The van der Waals surface area contributed by atoms with E-state index in [1.165, 1.54) is 13.0 Å². The number of rotatable bonds is 3. The van der Waals surface area contributed by atoms with Gasteiger partial charge < -0.3 is 34.3 Å². The van der Waals surface area contributed by atoms with Gasteiger partial charge in [0.15, 0.2) is 17.4 Å². The van der Waals surface area contributed by atoms with Crippen LogP contribution in [0.15, 0.2) is 18.2 Å². The zero-order valence-corrected chi connectivity index (χ0v) is 20.9. The summed E-state index contributed by atoms with van der Waals surface area (Å²) in [5, 5.41) is 35.0. The number of hydrogen-bond acceptors (Lipinski definition) is 10. The molecule has 2 aromatic rings. The zero-order valence-electron chi connectivity index (χ0n) is 20.9. The lowest BCUT2D eigenvalue weighted by atomic mass is 9.65. The van der Waals surface area contributed by atoms with Crippen LogP contribution in [0, 0.1) is 6.92 Å². The average Bonchev–Trinajstić information content (AvgIpc) is 3.30. The summed E-state index contributed by atoms with van der Waals surface area (Å²) < 4.78 is 21.9. The van der Waals surface area contributed by atoms with Gasteiger partial charge in [0.2, 0.25) is 0 Å². The van der Waals surface area contributed by atoms with Crippen LogP contribution in [0.2, 0.25) is 0 Å². The van der Waals surface area contributed by atoms with Crippen LogP contribution < -0.4 is 0 Å². The van der Waals surface area contributed by atoms with E-state index in [1.807, 2.05) is 0 Å². The van der Waals surface area contributed by atoms with Gasteiger partial charge in [-0.25, -0.2) is 4.79 Å². The normalized spacial score (nSPS) is 25.8. The fourth-order valence-electron chi connectivity index (χ4n) is 5.90. The zero-order chi connectivity index (χ0) is 26.9. The van der Waals surface area contributed by atoms with Gasteiger partial charge in [0, 0.05) is 34.6 Å². The molecule has 2 aromatic carbocycles. The molecule has 1 heterocycles. The Balaban J connectivity index is 1.78. The summed E-state index contributed by atoms with van der Waals surface area (Å²) in [6.45, 7) is 6.77. The van der Waals surface area contributed by atoms with Crippen molar-refractivity contribution >= 4 is 17.7 Å². The number of aliphatic hydroxyl groups is 1. The quantitative estimate of drug-likeness (QED) is 0.352. The molecule has 3 unspecified atom stereocenters. The molecule has 196 valence electrons. The predicted octanol–water partition coefficient (Wildman–Crippen LogP) is 3.40. The summed E-state index contributed by atoms with van der Waals surface area (Å²) in [6, 6.07) is 4.77. The first-order valence-electron chi connectivity index (χ1n) is 12.1. The molecule has 0 amide bonds. The summed E-state index contributed by atoms with van der Waals surface area (Å²) in [7, 11) is 0. The maximum atomic E-state index is 13.6. The number of benzene rings is 2. The lowest BCUT2D eigenvalue weighted by Gasteiger charge is -2.49. The van der Waals surface area contributed by atoms with Gasteiger partial charge in [-0.05, 0) is 26.3 Å². The van der Waals surface area contributed by atoms with E-state index in [2.05, 4.69) is 0 Å². The minimum absolute atomic E-state index is 0.00743. The van der Waals surface area contributed by atoms with Crippen LogP contribution in [0.3, 0.4) is 0 Å². The van der Waals surface area contributed by atoms with Crippen molar-refractivity contribution < 1.29 is 48.7 Å². The van der Waals surface area contributed by atoms with Gasteiger partial charge in [0.25, 0.3) is 0 Å². The number of carbonyl (C=O) groups excluding carboxylic acids is 3. The summed E-state index contributed by atoms with van der Waals surface area (Å²) in [5.74, 6) is -5.01. The van der Waals surface area contributed by atoms with Crippen molar-refractivity contribution in [3.05, 3.63) is 57.1 Å². The number of fused-ring (bicyclic) bond motifs is 3. The van der Waals surface area contributed by atoms with Gasteiger partial charge in [-0.3, -0.25) is 9.59 Å². The summed E-state index contributed by atoms with van der Waals surface area (Å²) in [4.78, 5) is 39.5. The maximum Gasteiger partial charge on any atom is 0.508 e. The molecule has 5 rings (SSSR count). The van der Waals surface area contributed by atoms with E-state index in [0.717, 1.165) is 0 Å². The van der Waals surface area contributed by atoms with Crippen LogP contribution in [-0.2, 0) is 18.9 Å². The predicted molar refractivity (Wildman–Crippen MR) is 127 cm³/mol. The van der Waals surface area contributed by atoms with Crippen molar-refractivity contribution in [3.63, 3.8) is 0 Å². The molecule has 1 fully saturated rings. The maximum absolute atomic E-state index is 13.6. The molecule has 1 saturated heterocycles. The van der Waals surface area contributed by atoms with Crippen molar-refractivity contribution in [1.29, 1.82) is 0 Å². The third-order valence-electron chi connectivity index (χ3n) is 7.82. The van der Waals surface area contributed by atoms with Gasteiger partial charge in [0.1, 0.15) is 23.2 Å². The van der Waals surface area contributed by atoms with Crippen LogP contribution in [-0.4, -0.2) is 64.3 Å². The molecule has 2 aliphatic carbocycles. The highest BCUT2D eigenvalue weighted by molar-refractivity contribution is 6.31. The average molecular weight is 513 g/mol. The number of ketones is 2. The Kier molecular flexibility index (Phi) is 5.82. The smallest absolute Gasteiger partial charge is 0.507 e. The Morgan fingerprint density at radius 2 is 1.68 bits per heavy atom. The molecule has 10 heteroatoms. The second-order valence-corrected chi connectivity index (χ2v) is 9.71. The van der Waals surface area contributed by atoms with E-state index in [-0.39, 0.29) is 59.6 Å². The fraction of sp³-hybridized carbons (Fsp3) is 0.444. The SMILES string of the molecule is CCOC(=O)OC1CC(O)(C2(C)OCCO2)C(C)c2c(O)c3c(c(O)c21)C(=O)c1c(C)cccc1C3=O. The van der Waals surface area contributed by atoms with E-state index in [1.54, 1.807) is 32.9 Å². The molecule has 3 aliphatic rings. The first-order chi connectivity index (χ1) is 17.5. The largest absolute Gasteiger partial charge is 0.508 e. The van der Waals surface area contributed by atoms with Gasteiger partial charge in [-0.15, -0.1) is 0 Å². The second kappa shape index (κ2) is 8.54. The van der Waals surface area contributed by atoms with Crippen molar-refractivity contribution in [2.75, 3.05) is 19.8 Å². The summed E-state index contributed by atoms with van der Waals surface area (Å²) in [5.41, 5.74) is -2.00. The summed E-state index contributed by atoms with van der Waals surface area (Å²) in [6.07, 6.45) is -2.74. The Morgan fingerprint density at radius 3 is 2.32 bits per heavy atom. The first-order valence-corrected chi connectivity index (χ1v) is 12.1. The number of phenolic OH excluding ortho intramolecular Hbond substituents is 2. The Labute approximate surface area is 212 Å². The van der Waals surface area contributed by atoms with Gasteiger partial charge in [-0.2, -0.15) is 0 Å². The molecule has 37 heavy (non-hydrogen) atoms. The van der Waals surface area contributed by atoms with Crippen molar-refractivity contribution in [2.24, 2.45) is 0 Å². The molecule has 0 bridgehead atoms. The van der Waals surface area contributed by atoms with Crippen molar-refractivity contribution in [1.82, 2.24) is 0 Å². The number of hydrogen-bond donors (Lipinski definition) is 3. The van der Waals surface area contributed by atoms with Crippen LogP contribution in [0.4, 0.5) is 4.79 Å². The monoisotopic (exact) mass is 512 g/mol. The molecular formula is C27H28O10. The van der Waals surface area contributed by atoms with E-state index >= 15 is 0 Å². The molecule has 10 nitrogen and oxygen atoms in total. The molecule has 0 radical (unpaired) electrons. The molecule has 0 saturated carbocycles. The highest BCUT2D eigenvalue weighted by Crippen LogP contribution is 2.59. The number of aromatic hydroxyl groups is 2. The van der Waals surface area contributed by atoms with E-state index in [0.29, 0.717) is 5.56 Å². The Bertz CT molecular complexity index is 1340. The fourth-order valence-corrected chi connectivity index (χ4v) is 5.90. The number of aryl methyl sites for hydroxylation is 1. The topological polar surface area (TPSA) is 149 Å². The van der Waals surface area contributed by atoms with Gasteiger partial charge >= 0.3 is 6.16 Å². The first kappa shape index (κ1) is 25.2. The number of ether oxygens (including phenoxy) is 4.